The average Bonchev–Trinajstić information content (AvgIpc) is 3.06. The number of fused-ring (bicyclic) bond motifs is 5. The summed E-state index contributed by atoms with van der Waals surface area (Å²) in [6.45, 7) is 1.94. The fourth-order valence-corrected chi connectivity index (χ4v) is 3.95. The zero-order valence-electron chi connectivity index (χ0n) is 10.7. The van der Waals surface area contributed by atoms with Gasteiger partial charge >= 0.3 is 0 Å². The van der Waals surface area contributed by atoms with Gasteiger partial charge < -0.3 is 0 Å². The number of amides is 2. The zero-order chi connectivity index (χ0) is 13.1. The van der Waals surface area contributed by atoms with E-state index in [9.17, 15) is 9.59 Å². The Morgan fingerprint density at radius 3 is 2.16 bits per heavy atom. The van der Waals surface area contributed by atoms with E-state index in [2.05, 4.69) is 12.2 Å². The number of nitrogens with zero attached hydrogens (tertiary/aromatic N) is 1. The monoisotopic (exact) mass is 253 g/mol. The Morgan fingerprint density at radius 1 is 1.00 bits per heavy atom. The molecule has 2 aliphatic carbocycles. The first kappa shape index (κ1) is 11.0. The molecule has 0 unspecified atom stereocenters. The predicted molar refractivity (Wildman–Crippen MR) is 71.4 cm³/mol. The molecule has 1 heterocycles. The minimum atomic E-state index is -0.109. The van der Waals surface area contributed by atoms with E-state index in [1.54, 1.807) is 0 Å². The van der Waals surface area contributed by atoms with Crippen LogP contribution < -0.4 is 4.90 Å². The number of benzene rings is 1. The van der Waals surface area contributed by atoms with Crippen molar-refractivity contribution < 1.29 is 9.59 Å². The lowest BCUT2D eigenvalue weighted by Crippen LogP contribution is -2.33. The second-order valence-corrected chi connectivity index (χ2v) is 5.80. The van der Waals surface area contributed by atoms with E-state index >= 15 is 0 Å². The molecular weight excluding hydrogens is 238 g/mol. The molecule has 4 atom stereocenters. The lowest BCUT2D eigenvalue weighted by atomic mass is 9.85. The quantitative estimate of drug-likeness (QED) is 0.569. The van der Waals surface area contributed by atoms with E-state index in [1.165, 1.54) is 4.90 Å². The Morgan fingerprint density at radius 2 is 1.58 bits per heavy atom. The van der Waals surface area contributed by atoms with Gasteiger partial charge in [-0.3, -0.25) is 9.59 Å². The number of anilines is 1. The SMILES string of the molecule is Cc1ccccc1N1C(=O)[C@@H]2[C@@H](C1=O)[C@H]1C=C[C@@H]2C1. The van der Waals surface area contributed by atoms with Crippen molar-refractivity contribution in [1.82, 2.24) is 0 Å². The van der Waals surface area contributed by atoms with Gasteiger partial charge in [0.25, 0.3) is 0 Å². The lowest BCUT2D eigenvalue weighted by molar-refractivity contribution is -0.123. The van der Waals surface area contributed by atoms with Gasteiger partial charge in [0, 0.05) is 0 Å². The van der Waals surface area contributed by atoms with Crippen molar-refractivity contribution in [1.29, 1.82) is 0 Å². The van der Waals surface area contributed by atoms with E-state index in [4.69, 9.17) is 0 Å². The highest BCUT2D eigenvalue weighted by molar-refractivity contribution is 6.23. The average molecular weight is 253 g/mol. The molecule has 0 radical (unpaired) electrons. The van der Waals surface area contributed by atoms with Crippen LogP contribution in [-0.4, -0.2) is 11.8 Å². The summed E-state index contributed by atoms with van der Waals surface area (Å²) in [6.07, 6.45) is 5.23. The van der Waals surface area contributed by atoms with E-state index in [0.29, 0.717) is 0 Å². The zero-order valence-corrected chi connectivity index (χ0v) is 10.7. The van der Waals surface area contributed by atoms with Crippen LogP contribution in [-0.2, 0) is 9.59 Å². The molecule has 0 N–H and O–H groups in total. The molecule has 3 aliphatic rings. The second-order valence-electron chi connectivity index (χ2n) is 5.80. The maximum atomic E-state index is 12.6. The van der Waals surface area contributed by atoms with Crippen molar-refractivity contribution in [3.8, 4) is 0 Å². The minimum Gasteiger partial charge on any atom is -0.274 e. The summed E-state index contributed by atoms with van der Waals surface area (Å²) in [4.78, 5) is 26.6. The largest absolute Gasteiger partial charge is 0.274 e. The van der Waals surface area contributed by atoms with Crippen LogP contribution in [0.5, 0.6) is 0 Å². The third-order valence-electron chi connectivity index (χ3n) is 4.83. The van der Waals surface area contributed by atoms with Crippen LogP contribution in [0.2, 0.25) is 0 Å². The smallest absolute Gasteiger partial charge is 0.238 e. The van der Waals surface area contributed by atoms with Crippen molar-refractivity contribution in [2.45, 2.75) is 13.3 Å². The van der Waals surface area contributed by atoms with Crippen molar-refractivity contribution in [2.24, 2.45) is 23.7 Å². The molecule has 96 valence electrons. The van der Waals surface area contributed by atoms with Crippen LogP contribution in [0.4, 0.5) is 5.69 Å². The number of hydrogen-bond acceptors (Lipinski definition) is 2. The molecular formula is C16H15NO2. The Bertz CT molecular complexity index is 589. The van der Waals surface area contributed by atoms with Crippen molar-refractivity contribution in [3.05, 3.63) is 42.0 Å². The molecule has 3 heteroatoms. The summed E-state index contributed by atoms with van der Waals surface area (Å²) in [5, 5.41) is 0. The van der Waals surface area contributed by atoms with E-state index in [-0.39, 0.29) is 35.5 Å². The number of hydrogen-bond donors (Lipinski definition) is 0. The molecule has 1 aromatic rings. The summed E-state index contributed by atoms with van der Waals surface area (Å²) < 4.78 is 0. The van der Waals surface area contributed by atoms with Gasteiger partial charge in [-0.05, 0) is 36.8 Å². The third-order valence-corrected chi connectivity index (χ3v) is 4.83. The molecule has 1 saturated carbocycles. The van der Waals surface area contributed by atoms with Gasteiger partial charge in [-0.2, -0.15) is 0 Å². The van der Waals surface area contributed by atoms with Gasteiger partial charge in [0.2, 0.25) is 11.8 Å². The topological polar surface area (TPSA) is 37.4 Å². The summed E-state index contributed by atoms with van der Waals surface area (Å²) in [6, 6.07) is 7.61. The Kier molecular flexibility index (Phi) is 2.06. The highest BCUT2D eigenvalue weighted by atomic mass is 16.2. The third kappa shape index (κ3) is 1.28. The molecule has 1 aliphatic heterocycles. The highest BCUT2D eigenvalue weighted by Crippen LogP contribution is 2.53. The van der Waals surface area contributed by atoms with Crippen molar-refractivity contribution >= 4 is 17.5 Å². The molecule has 19 heavy (non-hydrogen) atoms. The lowest BCUT2D eigenvalue weighted by Gasteiger charge is -2.19. The summed E-state index contributed by atoms with van der Waals surface area (Å²) in [5.41, 5.74) is 1.73. The van der Waals surface area contributed by atoms with E-state index in [0.717, 1.165) is 17.7 Å². The van der Waals surface area contributed by atoms with Gasteiger partial charge in [-0.1, -0.05) is 30.4 Å². The van der Waals surface area contributed by atoms with E-state index < -0.39 is 0 Å². The van der Waals surface area contributed by atoms with Crippen molar-refractivity contribution in [3.63, 3.8) is 0 Å². The molecule has 1 aromatic carbocycles. The Labute approximate surface area is 111 Å². The summed E-state index contributed by atoms with van der Waals surface area (Å²) >= 11 is 0. The van der Waals surface area contributed by atoms with Gasteiger partial charge in [0.1, 0.15) is 0 Å². The van der Waals surface area contributed by atoms with Crippen LogP contribution in [0.3, 0.4) is 0 Å². The Hall–Kier alpha value is -1.90. The number of carbonyl (C=O) groups excluding carboxylic acids is 2. The first-order chi connectivity index (χ1) is 9.18. The highest BCUT2D eigenvalue weighted by Gasteiger charge is 2.59. The molecule has 0 aromatic heterocycles. The number of rotatable bonds is 1. The van der Waals surface area contributed by atoms with Crippen LogP contribution in [0.1, 0.15) is 12.0 Å². The Balaban J connectivity index is 1.79. The minimum absolute atomic E-state index is 0.00106. The predicted octanol–water partition coefficient (Wildman–Crippen LogP) is 2.31. The van der Waals surface area contributed by atoms with Gasteiger partial charge in [-0.15, -0.1) is 0 Å². The maximum absolute atomic E-state index is 12.6. The van der Waals surface area contributed by atoms with Crippen LogP contribution >= 0.6 is 0 Å². The van der Waals surface area contributed by atoms with E-state index in [1.807, 2.05) is 31.2 Å². The standard InChI is InChI=1S/C16H15NO2/c1-9-4-2-3-5-12(9)17-15(18)13-10-6-7-11(8-10)14(13)16(17)19/h2-7,10-11,13-14H,8H2,1H3/t10-,11+,13-,14-/m0/s1. The van der Waals surface area contributed by atoms with Gasteiger partial charge in [-0.25, -0.2) is 4.90 Å². The fourth-order valence-electron chi connectivity index (χ4n) is 3.95. The molecule has 1 saturated heterocycles. The number of aryl methyl sites for hydroxylation is 1. The molecule has 2 amide bonds. The van der Waals surface area contributed by atoms with Crippen LogP contribution in [0.15, 0.2) is 36.4 Å². The van der Waals surface area contributed by atoms with Gasteiger partial charge in [0.15, 0.2) is 0 Å². The number of carbonyl (C=O) groups is 2. The van der Waals surface area contributed by atoms with Crippen LogP contribution in [0.25, 0.3) is 0 Å². The number of imide groups is 1. The first-order valence-electron chi connectivity index (χ1n) is 6.80. The molecule has 2 fully saturated rings. The number of allylic oxidation sites excluding steroid dienone is 2. The normalized spacial score (nSPS) is 35.3. The molecule has 0 spiro atoms. The molecule has 4 rings (SSSR count). The van der Waals surface area contributed by atoms with Crippen LogP contribution in [0, 0.1) is 30.6 Å². The fraction of sp³-hybridized carbons (Fsp3) is 0.375. The maximum Gasteiger partial charge on any atom is 0.238 e. The van der Waals surface area contributed by atoms with Crippen molar-refractivity contribution in [2.75, 3.05) is 4.90 Å². The van der Waals surface area contributed by atoms with Gasteiger partial charge in [0.05, 0.1) is 17.5 Å². The summed E-state index contributed by atoms with van der Waals surface area (Å²) in [5.74, 6) is 0.340. The summed E-state index contributed by atoms with van der Waals surface area (Å²) in [7, 11) is 0. The first-order valence-corrected chi connectivity index (χ1v) is 6.80. The molecule has 3 nitrogen and oxygen atoms in total. The second kappa shape index (κ2) is 3.56. The number of para-hydroxylation sites is 1. The molecule has 2 bridgehead atoms.